The van der Waals surface area contributed by atoms with Crippen LogP contribution in [0.4, 0.5) is 0 Å². The summed E-state index contributed by atoms with van der Waals surface area (Å²) < 4.78 is 5.39. The van der Waals surface area contributed by atoms with E-state index < -0.39 is 0 Å². The van der Waals surface area contributed by atoms with E-state index >= 15 is 0 Å². The number of aryl methyl sites for hydroxylation is 1. The fourth-order valence-corrected chi connectivity index (χ4v) is 3.00. The van der Waals surface area contributed by atoms with Gasteiger partial charge in [0.15, 0.2) is 0 Å². The summed E-state index contributed by atoms with van der Waals surface area (Å²) in [4.78, 5) is 12.4. The highest BCUT2D eigenvalue weighted by Crippen LogP contribution is 2.28. The molecule has 1 aromatic rings. The van der Waals surface area contributed by atoms with Crippen molar-refractivity contribution < 1.29 is 9.53 Å². The maximum atomic E-state index is 12.4. The van der Waals surface area contributed by atoms with Crippen LogP contribution >= 0.6 is 0 Å². The van der Waals surface area contributed by atoms with E-state index in [4.69, 9.17) is 4.74 Å². The van der Waals surface area contributed by atoms with Crippen LogP contribution in [0.1, 0.15) is 34.3 Å². The predicted molar refractivity (Wildman–Crippen MR) is 84.7 cm³/mol. The number of amides is 1. The first kappa shape index (κ1) is 16.0. The maximum Gasteiger partial charge on any atom is 0.251 e. The molecular formula is C17H26N2O2. The first-order chi connectivity index (χ1) is 10.1. The number of carbonyl (C=O) groups is 1. The van der Waals surface area contributed by atoms with Gasteiger partial charge in [-0.25, -0.2) is 0 Å². The van der Waals surface area contributed by atoms with E-state index in [1.165, 1.54) is 0 Å². The molecule has 1 aliphatic heterocycles. The molecule has 116 valence electrons. The minimum Gasteiger partial charge on any atom is -0.384 e. The summed E-state index contributed by atoms with van der Waals surface area (Å²) >= 11 is 0. The van der Waals surface area contributed by atoms with Gasteiger partial charge in [-0.2, -0.15) is 0 Å². The van der Waals surface area contributed by atoms with Crippen molar-refractivity contribution in [3.63, 3.8) is 0 Å². The lowest BCUT2D eigenvalue weighted by atomic mass is 9.79. The zero-order chi connectivity index (χ0) is 15.3. The van der Waals surface area contributed by atoms with Gasteiger partial charge in [-0.15, -0.1) is 0 Å². The largest absolute Gasteiger partial charge is 0.384 e. The SMILES string of the molecule is COCC1(CNC(=O)c2cccc(C)c2C)CCNCC1. The van der Waals surface area contributed by atoms with E-state index in [-0.39, 0.29) is 11.3 Å². The number of piperidine rings is 1. The third-order valence-corrected chi connectivity index (χ3v) is 4.59. The Bertz CT molecular complexity index is 488. The van der Waals surface area contributed by atoms with E-state index in [1.54, 1.807) is 7.11 Å². The summed E-state index contributed by atoms with van der Waals surface area (Å²) in [6.45, 7) is 7.38. The van der Waals surface area contributed by atoms with Crippen molar-refractivity contribution in [3.05, 3.63) is 34.9 Å². The summed E-state index contributed by atoms with van der Waals surface area (Å²) in [5, 5.41) is 6.48. The van der Waals surface area contributed by atoms with Gasteiger partial charge < -0.3 is 15.4 Å². The molecule has 1 aliphatic rings. The van der Waals surface area contributed by atoms with Crippen molar-refractivity contribution in [3.8, 4) is 0 Å². The normalized spacial score (nSPS) is 17.5. The molecule has 4 nitrogen and oxygen atoms in total. The van der Waals surface area contributed by atoms with E-state index in [9.17, 15) is 4.79 Å². The van der Waals surface area contributed by atoms with Gasteiger partial charge in [-0.05, 0) is 57.0 Å². The Balaban J connectivity index is 2.03. The molecule has 1 heterocycles. The number of hydrogen-bond donors (Lipinski definition) is 2. The van der Waals surface area contributed by atoms with Crippen LogP contribution in [-0.4, -0.2) is 39.3 Å². The average molecular weight is 290 g/mol. The van der Waals surface area contributed by atoms with Crippen LogP contribution in [0.15, 0.2) is 18.2 Å². The van der Waals surface area contributed by atoms with Crippen LogP contribution in [0.2, 0.25) is 0 Å². The van der Waals surface area contributed by atoms with Crippen molar-refractivity contribution >= 4 is 5.91 Å². The molecule has 0 aromatic heterocycles. The molecule has 4 heteroatoms. The number of methoxy groups -OCH3 is 1. The van der Waals surface area contributed by atoms with Crippen molar-refractivity contribution in [2.45, 2.75) is 26.7 Å². The van der Waals surface area contributed by atoms with E-state index in [0.29, 0.717) is 13.2 Å². The van der Waals surface area contributed by atoms with Crippen molar-refractivity contribution in [2.75, 3.05) is 33.4 Å². The van der Waals surface area contributed by atoms with Gasteiger partial charge in [-0.1, -0.05) is 12.1 Å². The molecule has 2 rings (SSSR count). The van der Waals surface area contributed by atoms with E-state index in [0.717, 1.165) is 42.6 Å². The number of rotatable bonds is 5. The van der Waals surface area contributed by atoms with Gasteiger partial charge in [0.05, 0.1) is 6.61 Å². The lowest BCUT2D eigenvalue weighted by Crippen LogP contribution is -2.47. The van der Waals surface area contributed by atoms with Crippen molar-refractivity contribution in [1.82, 2.24) is 10.6 Å². The third-order valence-electron chi connectivity index (χ3n) is 4.59. The topological polar surface area (TPSA) is 50.4 Å². The lowest BCUT2D eigenvalue weighted by Gasteiger charge is -2.37. The Hall–Kier alpha value is -1.39. The Morgan fingerprint density at radius 2 is 2.05 bits per heavy atom. The molecule has 1 amide bonds. The molecule has 0 spiro atoms. The van der Waals surface area contributed by atoms with Crippen molar-refractivity contribution in [1.29, 1.82) is 0 Å². The number of hydrogen-bond acceptors (Lipinski definition) is 3. The fourth-order valence-electron chi connectivity index (χ4n) is 3.00. The molecule has 21 heavy (non-hydrogen) atoms. The van der Waals surface area contributed by atoms with Crippen LogP contribution in [0.5, 0.6) is 0 Å². The van der Waals surface area contributed by atoms with E-state index in [2.05, 4.69) is 10.6 Å². The molecule has 0 radical (unpaired) electrons. The third kappa shape index (κ3) is 3.83. The van der Waals surface area contributed by atoms with Gasteiger partial charge in [0.2, 0.25) is 0 Å². The summed E-state index contributed by atoms with van der Waals surface area (Å²) in [6.07, 6.45) is 2.07. The highest BCUT2D eigenvalue weighted by molar-refractivity contribution is 5.95. The molecule has 2 N–H and O–H groups in total. The monoisotopic (exact) mass is 290 g/mol. The van der Waals surface area contributed by atoms with Crippen LogP contribution < -0.4 is 10.6 Å². The number of carbonyl (C=O) groups excluding carboxylic acids is 1. The van der Waals surface area contributed by atoms with Gasteiger partial charge in [-0.3, -0.25) is 4.79 Å². The van der Waals surface area contributed by atoms with E-state index in [1.807, 2.05) is 32.0 Å². The second-order valence-electron chi connectivity index (χ2n) is 6.11. The molecular weight excluding hydrogens is 264 g/mol. The average Bonchev–Trinajstić information content (AvgIpc) is 2.49. The molecule has 1 aromatic carbocycles. The van der Waals surface area contributed by atoms with Gasteiger partial charge in [0.25, 0.3) is 5.91 Å². The van der Waals surface area contributed by atoms with Gasteiger partial charge >= 0.3 is 0 Å². The van der Waals surface area contributed by atoms with Crippen LogP contribution in [0.25, 0.3) is 0 Å². The van der Waals surface area contributed by atoms with Gasteiger partial charge in [0.1, 0.15) is 0 Å². The Morgan fingerprint density at radius 3 is 2.71 bits per heavy atom. The zero-order valence-electron chi connectivity index (χ0n) is 13.3. The highest BCUT2D eigenvalue weighted by atomic mass is 16.5. The second kappa shape index (κ2) is 7.05. The van der Waals surface area contributed by atoms with Crippen LogP contribution in [0, 0.1) is 19.3 Å². The Labute approximate surface area is 127 Å². The van der Waals surface area contributed by atoms with Crippen LogP contribution in [0.3, 0.4) is 0 Å². The molecule has 0 saturated carbocycles. The molecule has 0 unspecified atom stereocenters. The summed E-state index contributed by atoms with van der Waals surface area (Å²) in [7, 11) is 1.73. The standard InChI is InChI=1S/C17H26N2O2/c1-13-5-4-6-15(14(13)2)16(20)19-11-17(12-21-3)7-9-18-10-8-17/h4-6,18H,7-12H2,1-3H3,(H,19,20). The minimum absolute atomic E-state index is 0.0187. The highest BCUT2D eigenvalue weighted by Gasteiger charge is 2.32. The summed E-state index contributed by atoms with van der Waals surface area (Å²) in [6, 6.07) is 5.86. The molecule has 1 saturated heterocycles. The maximum absolute atomic E-state index is 12.4. The number of nitrogens with one attached hydrogen (secondary N) is 2. The quantitative estimate of drug-likeness (QED) is 0.872. The Morgan fingerprint density at radius 1 is 1.33 bits per heavy atom. The first-order valence-electron chi connectivity index (χ1n) is 7.62. The summed E-state index contributed by atoms with van der Waals surface area (Å²) in [5.74, 6) is 0.0187. The zero-order valence-corrected chi connectivity index (χ0v) is 13.3. The molecule has 1 fully saturated rings. The molecule has 0 bridgehead atoms. The predicted octanol–water partition coefficient (Wildman–Crippen LogP) is 2.05. The smallest absolute Gasteiger partial charge is 0.251 e. The molecule has 0 aliphatic carbocycles. The van der Waals surface area contributed by atoms with Crippen molar-refractivity contribution in [2.24, 2.45) is 5.41 Å². The Kier molecular flexibility index (Phi) is 5.37. The lowest BCUT2D eigenvalue weighted by molar-refractivity contribution is 0.0511. The second-order valence-corrected chi connectivity index (χ2v) is 6.11. The van der Waals surface area contributed by atoms with Crippen LogP contribution in [-0.2, 0) is 4.74 Å². The fraction of sp³-hybridized carbons (Fsp3) is 0.588. The number of benzene rings is 1. The number of ether oxygens (including phenoxy) is 1. The first-order valence-corrected chi connectivity index (χ1v) is 7.62. The molecule has 0 atom stereocenters. The van der Waals surface area contributed by atoms with Gasteiger partial charge in [0, 0.05) is 24.6 Å². The summed E-state index contributed by atoms with van der Waals surface area (Å²) in [5.41, 5.74) is 3.04. The minimum atomic E-state index is 0.0187.